The standard InChI is InChI=1S/C10H13I.C2F6/c1-10(2,3)8-4-6-9(11)7-5-8;3-1(4,5)2(6,7)8/h4-7H,1-3H3;. The number of halogens is 7. The second-order valence-corrected chi connectivity index (χ2v) is 6.00. The van der Waals surface area contributed by atoms with Crippen LogP contribution in [0.1, 0.15) is 26.3 Å². The first-order valence-corrected chi connectivity index (χ1v) is 6.22. The summed E-state index contributed by atoms with van der Waals surface area (Å²) in [6, 6.07) is 8.70. The van der Waals surface area contributed by atoms with E-state index in [1.165, 1.54) is 9.13 Å². The van der Waals surface area contributed by atoms with Gasteiger partial charge in [0.05, 0.1) is 0 Å². The molecule has 1 aromatic carbocycles. The van der Waals surface area contributed by atoms with E-state index in [4.69, 9.17) is 0 Å². The van der Waals surface area contributed by atoms with Crippen LogP contribution in [0.15, 0.2) is 24.3 Å². The summed E-state index contributed by atoms with van der Waals surface area (Å²) >= 11 is 2.32. The quantitative estimate of drug-likeness (QED) is 0.389. The van der Waals surface area contributed by atoms with Crippen molar-refractivity contribution in [2.75, 3.05) is 0 Å². The summed E-state index contributed by atoms with van der Waals surface area (Å²) in [7, 11) is 0. The molecule has 0 N–H and O–H groups in total. The fourth-order valence-electron chi connectivity index (χ4n) is 0.950. The molecule has 0 spiro atoms. The lowest BCUT2D eigenvalue weighted by molar-refractivity contribution is -0.339. The van der Waals surface area contributed by atoms with Crippen molar-refractivity contribution in [1.82, 2.24) is 0 Å². The first-order chi connectivity index (χ1) is 8.25. The van der Waals surface area contributed by atoms with Gasteiger partial charge in [-0.15, -0.1) is 0 Å². The Morgan fingerprint density at radius 2 is 1.05 bits per heavy atom. The van der Waals surface area contributed by atoms with Crippen LogP contribution in [-0.2, 0) is 5.41 Å². The molecule has 0 amide bonds. The van der Waals surface area contributed by atoms with Crippen LogP contribution in [-0.4, -0.2) is 12.4 Å². The number of benzene rings is 1. The van der Waals surface area contributed by atoms with Crippen LogP contribution in [0.3, 0.4) is 0 Å². The second kappa shape index (κ2) is 6.32. The monoisotopic (exact) mass is 398 g/mol. The minimum Gasteiger partial charge on any atom is -0.162 e. The molecule has 0 saturated carbocycles. The Morgan fingerprint density at radius 1 is 0.737 bits per heavy atom. The zero-order valence-corrected chi connectivity index (χ0v) is 12.6. The normalized spacial score (nSPS) is 12.7. The summed E-state index contributed by atoms with van der Waals surface area (Å²) < 4.78 is 63.9. The van der Waals surface area contributed by atoms with E-state index in [1.807, 2.05) is 0 Å². The maximum Gasteiger partial charge on any atom is 0.487 e. The van der Waals surface area contributed by atoms with Gasteiger partial charge in [-0.2, -0.15) is 26.3 Å². The van der Waals surface area contributed by atoms with Crippen molar-refractivity contribution in [2.45, 2.75) is 38.5 Å². The Kier molecular flexibility index (Phi) is 6.16. The topological polar surface area (TPSA) is 0 Å². The van der Waals surface area contributed by atoms with Crippen LogP contribution in [0.4, 0.5) is 26.3 Å². The van der Waals surface area contributed by atoms with E-state index in [0.29, 0.717) is 0 Å². The first-order valence-electron chi connectivity index (χ1n) is 5.14. The Labute approximate surface area is 121 Å². The van der Waals surface area contributed by atoms with E-state index >= 15 is 0 Å². The summed E-state index contributed by atoms with van der Waals surface area (Å²) in [4.78, 5) is 0. The van der Waals surface area contributed by atoms with E-state index in [9.17, 15) is 26.3 Å². The zero-order chi connectivity index (χ0) is 15.5. The third-order valence-electron chi connectivity index (χ3n) is 2.03. The highest BCUT2D eigenvalue weighted by molar-refractivity contribution is 14.1. The minimum absolute atomic E-state index is 0.282. The molecule has 0 atom stereocenters. The van der Waals surface area contributed by atoms with Crippen molar-refractivity contribution < 1.29 is 26.3 Å². The lowest BCUT2D eigenvalue weighted by atomic mass is 9.87. The SMILES string of the molecule is CC(C)(C)c1ccc(I)cc1.FC(F)(F)C(F)(F)F. The molecule has 0 nitrogen and oxygen atoms in total. The first kappa shape index (κ1) is 18.5. The molecule has 7 heteroatoms. The van der Waals surface area contributed by atoms with Gasteiger partial charge in [-0.05, 0) is 45.7 Å². The molecule has 1 aromatic rings. The molecule has 0 aromatic heterocycles. The summed E-state index contributed by atoms with van der Waals surface area (Å²) in [6.07, 6.45) is -12.1. The molecule has 0 aliphatic heterocycles. The van der Waals surface area contributed by atoms with Crippen LogP contribution in [0, 0.1) is 3.57 Å². The van der Waals surface area contributed by atoms with E-state index in [0.717, 1.165) is 0 Å². The highest BCUT2D eigenvalue weighted by Gasteiger charge is 2.58. The van der Waals surface area contributed by atoms with E-state index in [-0.39, 0.29) is 5.41 Å². The van der Waals surface area contributed by atoms with Gasteiger partial charge < -0.3 is 0 Å². The van der Waals surface area contributed by atoms with Crippen LogP contribution < -0.4 is 0 Å². The number of hydrogen-bond donors (Lipinski definition) is 0. The molecule has 0 aliphatic carbocycles. The highest BCUT2D eigenvalue weighted by atomic mass is 127. The van der Waals surface area contributed by atoms with Gasteiger partial charge in [0, 0.05) is 3.57 Å². The predicted octanol–water partition coefficient (Wildman–Crippen LogP) is 5.70. The summed E-state index contributed by atoms with van der Waals surface area (Å²) in [5, 5.41) is 0. The van der Waals surface area contributed by atoms with Crippen molar-refractivity contribution in [3.05, 3.63) is 33.4 Å². The Bertz CT molecular complexity index is 371. The van der Waals surface area contributed by atoms with Crippen LogP contribution >= 0.6 is 22.6 Å². The molecule has 0 unspecified atom stereocenters. The average molecular weight is 398 g/mol. The minimum atomic E-state index is -6.06. The molecule has 0 saturated heterocycles. The third-order valence-corrected chi connectivity index (χ3v) is 2.75. The van der Waals surface area contributed by atoms with E-state index in [1.54, 1.807) is 0 Å². The molecule has 0 fully saturated rings. The maximum absolute atomic E-state index is 10.4. The van der Waals surface area contributed by atoms with Gasteiger partial charge in [0.25, 0.3) is 0 Å². The van der Waals surface area contributed by atoms with E-state index in [2.05, 4.69) is 67.6 Å². The lowest BCUT2D eigenvalue weighted by Crippen LogP contribution is -2.30. The fourth-order valence-corrected chi connectivity index (χ4v) is 1.31. The number of hydrogen-bond acceptors (Lipinski definition) is 0. The molecule has 0 aliphatic rings. The molecule has 1 rings (SSSR count). The van der Waals surface area contributed by atoms with Crippen molar-refractivity contribution >= 4 is 22.6 Å². The summed E-state index contributed by atoms with van der Waals surface area (Å²) in [6.45, 7) is 6.69. The molecule has 110 valence electrons. The Morgan fingerprint density at radius 3 is 1.26 bits per heavy atom. The van der Waals surface area contributed by atoms with Crippen molar-refractivity contribution in [3.63, 3.8) is 0 Å². The Hall–Kier alpha value is -0.470. The van der Waals surface area contributed by atoms with Crippen molar-refractivity contribution in [1.29, 1.82) is 0 Å². The van der Waals surface area contributed by atoms with E-state index < -0.39 is 12.4 Å². The van der Waals surface area contributed by atoms with Crippen molar-refractivity contribution in [3.8, 4) is 0 Å². The smallest absolute Gasteiger partial charge is 0.162 e. The van der Waals surface area contributed by atoms with Gasteiger partial charge in [-0.3, -0.25) is 0 Å². The van der Waals surface area contributed by atoms with Gasteiger partial charge in [0.1, 0.15) is 0 Å². The van der Waals surface area contributed by atoms with Gasteiger partial charge in [-0.25, -0.2) is 0 Å². The summed E-state index contributed by atoms with van der Waals surface area (Å²) in [5.41, 5.74) is 1.68. The molecule has 0 bridgehead atoms. The Balaban J connectivity index is 0.000000362. The van der Waals surface area contributed by atoms with Crippen molar-refractivity contribution in [2.24, 2.45) is 0 Å². The highest BCUT2D eigenvalue weighted by Crippen LogP contribution is 2.35. The maximum atomic E-state index is 10.4. The molecular formula is C12H13F6I. The van der Waals surface area contributed by atoms with Crippen LogP contribution in [0.5, 0.6) is 0 Å². The van der Waals surface area contributed by atoms with Crippen LogP contribution in [0.25, 0.3) is 0 Å². The molecule has 0 heterocycles. The van der Waals surface area contributed by atoms with Crippen LogP contribution in [0.2, 0.25) is 0 Å². The van der Waals surface area contributed by atoms with Gasteiger partial charge in [0.2, 0.25) is 0 Å². The second-order valence-electron chi connectivity index (χ2n) is 4.75. The number of rotatable bonds is 0. The predicted molar refractivity (Wildman–Crippen MR) is 70.0 cm³/mol. The summed E-state index contributed by atoms with van der Waals surface area (Å²) in [5.74, 6) is 0. The fraction of sp³-hybridized carbons (Fsp3) is 0.500. The van der Waals surface area contributed by atoms with Gasteiger partial charge >= 0.3 is 12.4 Å². The molecule has 0 radical (unpaired) electrons. The average Bonchev–Trinajstić information content (AvgIpc) is 2.14. The lowest BCUT2D eigenvalue weighted by Gasteiger charge is -2.18. The molecular weight excluding hydrogens is 385 g/mol. The zero-order valence-electron chi connectivity index (χ0n) is 10.5. The number of alkyl halides is 6. The van der Waals surface area contributed by atoms with Gasteiger partial charge in [-0.1, -0.05) is 32.9 Å². The molecule has 19 heavy (non-hydrogen) atoms. The third kappa shape index (κ3) is 7.03. The van der Waals surface area contributed by atoms with Gasteiger partial charge in [0.15, 0.2) is 0 Å². The largest absolute Gasteiger partial charge is 0.487 e.